The van der Waals surface area contributed by atoms with Crippen LogP contribution in [0.3, 0.4) is 0 Å². The number of rotatable bonds is 3. The maximum atomic E-state index is 14.3. The van der Waals surface area contributed by atoms with Crippen molar-refractivity contribution >= 4 is 46.0 Å². The van der Waals surface area contributed by atoms with E-state index in [1.807, 2.05) is 40.1 Å². The van der Waals surface area contributed by atoms with Crippen molar-refractivity contribution in [1.29, 1.82) is 0 Å². The Bertz CT molecular complexity index is 1600. The van der Waals surface area contributed by atoms with E-state index < -0.39 is 11.0 Å². The van der Waals surface area contributed by atoms with Crippen molar-refractivity contribution in [2.75, 3.05) is 25.0 Å². The number of nitrogens with zero attached hydrogens (tertiary/aromatic N) is 3. The fraction of sp³-hybridized carbons (Fsp3) is 0.484. The first-order valence-electron chi connectivity index (χ1n) is 14.4. The largest absolute Gasteiger partial charge is 0.342 e. The molecule has 0 radical (unpaired) electrons. The molecule has 3 aliphatic heterocycles. The lowest BCUT2D eigenvalue weighted by atomic mass is 9.78. The van der Waals surface area contributed by atoms with E-state index in [0.717, 1.165) is 33.3 Å². The minimum absolute atomic E-state index is 0.00103. The van der Waals surface area contributed by atoms with Crippen LogP contribution in [0.25, 0.3) is 10.9 Å². The average Bonchev–Trinajstić information content (AvgIpc) is 3.42. The first-order chi connectivity index (χ1) is 19.5. The number of benzene rings is 2. The van der Waals surface area contributed by atoms with E-state index >= 15 is 0 Å². The Hall–Kier alpha value is -3.59. The monoisotopic (exact) mass is 574 g/mol. The second kappa shape index (κ2) is 8.95. The summed E-state index contributed by atoms with van der Waals surface area (Å²) >= 11 is 6.66. The Balaban J connectivity index is 1.16. The maximum absolute atomic E-state index is 14.3. The van der Waals surface area contributed by atoms with Gasteiger partial charge < -0.3 is 20.4 Å². The number of para-hydroxylation sites is 1. The molecule has 214 valence electrons. The van der Waals surface area contributed by atoms with E-state index in [4.69, 9.17) is 11.6 Å². The summed E-state index contributed by atoms with van der Waals surface area (Å²) in [4.78, 5) is 44.5. The van der Waals surface area contributed by atoms with Crippen molar-refractivity contribution in [2.24, 2.45) is 10.8 Å². The SMILES string of the molecule is CC(C)(C)CN1Cc2c(cc(Cl)c3[nH]ncc23)[C@H]2C[C@@]2(CC(=O)N2CCC3(CC2)NC(=O)Nc2ccccc23)C1=O. The van der Waals surface area contributed by atoms with E-state index in [0.29, 0.717) is 50.5 Å². The highest BCUT2D eigenvalue weighted by Crippen LogP contribution is 2.65. The smallest absolute Gasteiger partial charge is 0.319 e. The molecule has 4 amide bonds. The molecule has 2 fully saturated rings. The van der Waals surface area contributed by atoms with Crippen LogP contribution < -0.4 is 10.6 Å². The van der Waals surface area contributed by atoms with Gasteiger partial charge in [0.2, 0.25) is 11.8 Å². The molecule has 1 aliphatic carbocycles. The summed E-state index contributed by atoms with van der Waals surface area (Å²) < 4.78 is 0. The van der Waals surface area contributed by atoms with Crippen molar-refractivity contribution in [3.8, 4) is 0 Å². The molecule has 1 saturated heterocycles. The molecule has 2 atom stereocenters. The average molecular weight is 575 g/mol. The normalized spacial score (nSPS) is 24.7. The number of nitrogens with one attached hydrogen (secondary N) is 3. The van der Waals surface area contributed by atoms with Crippen LogP contribution in [0.4, 0.5) is 10.5 Å². The fourth-order valence-corrected chi connectivity index (χ4v) is 7.76. The number of halogens is 1. The van der Waals surface area contributed by atoms with Gasteiger partial charge in [0, 0.05) is 55.2 Å². The van der Waals surface area contributed by atoms with Crippen molar-refractivity contribution in [2.45, 2.75) is 64.5 Å². The lowest BCUT2D eigenvalue weighted by molar-refractivity contribution is -0.145. The maximum Gasteiger partial charge on any atom is 0.319 e. The van der Waals surface area contributed by atoms with Gasteiger partial charge in [-0.25, -0.2) is 4.79 Å². The van der Waals surface area contributed by atoms with Crippen molar-refractivity contribution in [3.05, 3.63) is 58.2 Å². The summed E-state index contributed by atoms with van der Waals surface area (Å²) in [5, 5.41) is 14.8. The van der Waals surface area contributed by atoms with Crippen molar-refractivity contribution < 1.29 is 14.4 Å². The third-order valence-electron chi connectivity index (χ3n) is 9.49. The number of hydrogen-bond acceptors (Lipinski definition) is 4. The van der Waals surface area contributed by atoms with Gasteiger partial charge in [-0.3, -0.25) is 14.7 Å². The van der Waals surface area contributed by atoms with E-state index in [9.17, 15) is 14.4 Å². The van der Waals surface area contributed by atoms with Crippen LogP contribution in [0.5, 0.6) is 0 Å². The Morgan fingerprint density at radius 3 is 2.68 bits per heavy atom. The van der Waals surface area contributed by atoms with Gasteiger partial charge in [-0.05, 0) is 47.9 Å². The minimum Gasteiger partial charge on any atom is -0.342 e. The first-order valence-corrected chi connectivity index (χ1v) is 14.8. The van der Waals surface area contributed by atoms with E-state index in [-0.39, 0.29) is 35.6 Å². The second-order valence-corrected chi connectivity index (χ2v) is 13.9. The standard InChI is InChI=1S/C31H35ClN6O3/c1-29(2,3)17-38-16-20-18(12-23(32)26-19(20)15-33-36-26)22-13-30(22,27(38)40)14-25(39)37-10-8-31(9-11-37)21-6-4-5-7-24(21)34-28(41)35-31/h4-7,12,15,22H,8-11,13-14,16-17H2,1-3H3,(H,33,36)(H2,34,35,41)/t22-,30+/m1/s1. The van der Waals surface area contributed by atoms with Crippen LogP contribution >= 0.6 is 11.6 Å². The number of anilines is 1. The predicted octanol–water partition coefficient (Wildman–Crippen LogP) is 5.12. The molecule has 1 spiro atoms. The molecule has 41 heavy (non-hydrogen) atoms. The van der Waals surface area contributed by atoms with Gasteiger partial charge in [-0.2, -0.15) is 5.10 Å². The number of carbonyl (C=O) groups excluding carboxylic acids is 3. The fourth-order valence-electron chi connectivity index (χ4n) is 7.50. The number of hydrogen-bond donors (Lipinski definition) is 3. The highest BCUT2D eigenvalue weighted by Gasteiger charge is 2.64. The predicted molar refractivity (Wildman–Crippen MR) is 156 cm³/mol. The van der Waals surface area contributed by atoms with Gasteiger partial charge in [-0.1, -0.05) is 50.6 Å². The number of piperidine rings is 1. The van der Waals surface area contributed by atoms with E-state index in [2.05, 4.69) is 41.6 Å². The summed E-state index contributed by atoms with van der Waals surface area (Å²) in [7, 11) is 0. The number of amides is 4. The summed E-state index contributed by atoms with van der Waals surface area (Å²) in [6, 6.07) is 9.62. The van der Waals surface area contributed by atoms with Crippen LogP contribution in [-0.4, -0.2) is 57.5 Å². The molecule has 7 rings (SSSR count). The number of aromatic nitrogens is 2. The van der Waals surface area contributed by atoms with E-state index in [1.54, 1.807) is 6.20 Å². The minimum atomic E-state index is -0.765. The number of aromatic amines is 1. The Morgan fingerprint density at radius 2 is 1.93 bits per heavy atom. The van der Waals surface area contributed by atoms with Gasteiger partial charge in [0.05, 0.1) is 27.7 Å². The van der Waals surface area contributed by atoms with Gasteiger partial charge in [-0.15, -0.1) is 0 Å². The molecule has 9 nitrogen and oxygen atoms in total. The Labute approximate surface area is 244 Å². The number of likely N-dealkylation sites (tertiary alicyclic amines) is 1. The lowest BCUT2D eigenvalue weighted by Crippen LogP contribution is -2.57. The number of urea groups is 1. The molecule has 0 unspecified atom stereocenters. The summed E-state index contributed by atoms with van der Waals surface area (Å²) in [6.45, 7) is 8.50. The summed E-state index contributed by atoms with van der Waals surface area (Å²) in [6.07, 6.45) is 3.86. The zero-order chi connectivity index (χ0) is 28.7. The molecule has 3 aromatic rings. The van der Waals surface area contributed by atoms with Crippen LogP contribution in [0, 0.1) is 10.8 Å². The van der Waals surface area contributed by atoms with Crippen molar-refractivity contribution in [1.82, 2.24) is 25.3 Å². The highest BCUT2D eigenvalue weighted by atomic mass is 35.5. The number of H-pyrrole nitrogens is 1. The Morgan fingerprint density at radius 1 is 1.17 bits per heavy atom. The van der Waals surface area contributed by atoms with Gasteiger partial charge in [0.15, 0.2) is 0 Å². The van der Waals surface area contributed by atoms with Crippen LogP contribution in [0.1, 0.15) is 69.1 Å². The summed E-state index contributed by atoms with van der Waals surface area (Å²) in [5.74, 6) is 0.00379. The molecular formula is C31H35ClN6O3. The highest BCUT2D eigenvalue weighted by molar-refractivity contribution is 6.35. The van der Waals surface area contributed by atoms with Crippen molar-refractivity contribution in [3.63, 3.8) is 0 Å². The first kappa shape index (κ1) is 26.3. The molecule has 4 heterocycles. The lowest BCUT2D eigenvalue weighted by Gasteiger charge is -2.45. The third kappa shape index (κ3) is 4.19. The number of fused-ring (bicyclic) bond motifs is 7. The topological polar surface area (TPSA) is 110 Å². The third-order valence-corrected chi connectivity index (χ3v) is 9.79. The Kier molecular flexibility index (Phi) is 5.75. The quantitative estimate of drug-likeness (QED) is 0.403. The second-order valence-electron chi connectivity index (χ2n) is 13.5. The molecule has 10 heteroatoms. The number of carbonyl (C=O) groups is 3. The van der Waals surface area contributed by atoms with Crippen LogP contribution in [0.15, 0.2) is 36.5 Å². The van der Waals surface area contributed by atoms with Crippen LogP contribution in [0.2, 0.25) is 5.02 Å². The summed E-state index contributed by atoms with van der Waals surface area (Å²) in [5.41, 5.74) is 3.44. The molecule has 2 aromatic carbocycles. The zero-order valence-corrected chi connectivity index (χ0v) is 24.4. The van der Waals surface area contributed by atoms with Gasteiger partial charge >= 0.3 is 6.03 Å². The molecule has 1 aromatic heterocycles. The molecule has 1 saturated carbocycles. The van der Waals surface area contributed by atoms with Gasteiger partial charge in [0.1, 0.15) is 0 Å². The van der Waals surface area contributed by atoms with Gasteiger partial charge in [0.25, 0.3) is 0 Å². The molecule has 3 N–H and O–H groups in total. The van der Waals surface area contributed by atoms with Crippen LogP contribution in [-0.2, 0) is 21.7 Å². The molecular weight excluding hydrogens is 540 g/mol. The van der Waals surface area contributed by atoms with E-state index in [1.165, 1.54) is 0 Å². The molecule has 4 aliphatic rings. The molecule has 0 bridgehead atoms. The zero-order valence-electron chi connectivity index (χ0n) is 23.6.